The van der Waals surface area contributed by atoms with Crippen molar-refractivity contribution in [2.45, 2.75) is 0 Å². The lowest BCUT2D eigenvalue weighted by atomic mass is 10.3. The van der Waals surface area contributed by atoms with Crippen molar-refractivity contribution in [3.05, 3.63) is 47.9 Å². The molecule has 0 saturated heterocycles. The van der Waals surface area contributed by atoms with Crippen LogP contribution in [0.2, 0.25) is 0 Å². The predicted octanol–water partition coefficient (Wildman–Crippen LogP) is 2.21. The fourth-order valence-electron chi connectivity index (χ4n) is 1.10. The Labute approximate surface area is 88.9 Å². The molecule has 1 heterocycles. The molecule has 0 aliphatic heterocycles. The minimum absolute atomic E-state index is 0.0599. The summed E-state index contributed by atoms with van der Waals surface area (Å²) < 4.78 is 29.9. The average molecular weight is 224 g/mol. The van der Waals surface area contributed by atoms with Gasteiger partial charge in [0.1, 0.15) is 6.26 Å². The summed E-state index contributed by atoms with van der Waals surface area (Å²) in [6.07, 6.45) is 1.24. The normalized spacial score (nSPS) is 10.1. The summed E-state index contributed by atoms with van der Waals surface area (Å²) >= 11 is 0. The first kappa shape index (κ1) is 10.3. The Kier molecular flexibility index (Phi) is 2.63. The maximum atomic E-state index is 12.8. The molecule has 1 aromatic carbocycles. The maximum absolute atomic E-state index is 12.8. The van der Waals surface area contributed by atoms with Crippen LogP contribution in [-0.2, 0) is 0 Å². The Hall–Kier alpha value is -2.24. The van der Waals surface area contributed by atoms with E-state index in [-0.39, 0.29) is 11.4 Å². The fraction of sp³-hybridized carbons (Fsp3) is 0. The van der Waals surface area contributed by atoms with Gasteiger partial charge in [0.05, 0.1) is 0 Å². The Morgan fingerprint density at radius 2 is 2.06 bits per heavy atom. The summed E-state index contributed by atoms with van der Waals surface area (Å²) in [7, 11) is 0. The number of carbonyl (C=O) groups excluding carboxylic acids is 1. The second-order valence-electron chi connectivity index (χ2n) is 2.97. The molecule has 0 radical (unpaired) electrons. The number of anilines is 1. The molecule has 0 fully saturated rings. The van der Waals surface area contributed by atoms with Gasteiger partial charge in [-0.2, -0.15) is 0 Å². The molecule has 2 rings (SSSR count). The zero-order valence-electron chi connectivity index (χ0n) is 7.91. The van der Waals surface area contributed by atoms with Gasteiger partial charge in [-0.3, -0.25) is 4.79 Å². The molecule has 0 spiro atoms. The van der Waals surface area contributed by atoms with E-state index in [1.54, 1.807) is 0 Å². The topological polar surface area (TPSA) is 55.1 Å². The predicted molar refractivity (Wildman–Crippen MR) is 50.8 cm³/mol. The van der Waals surface area contributed by atoms with Crippen LogP contribution < -0.4 is 5.32 Å². The zero-order chi connectivity index (χ0) is 11.5. The molecule has 4 nitrogen and oxygen atoms in total. The van der Waals surface area contributed by atoms with Crippen molar-refractivity contribution in [3.63, 3.8) is 0 Å². The largest absolute Gasteiger partial charge is 0.364 e. The Morgan fingerprint density at radius 1 is 1.25 bits per heavy atom. The number of carbonyl (C=O) groups is 1. The molecule has 82 valence electrons. The van der Waals surface area contributed by atoms with Gasteiger partial charge in [0.25, 0.3) is 5.91 Å². The van der Waals surface area contributed by atoms with Crippen LogP contribution in [0.3, 0.4) is 0 Å². The van der Waals surface area contributed by atoms with Crippen molar-refractivity contribution < 1.29 is 18.1 Å². The third-order valence-corrected chi connectivity index (χ3v) is 1.85. The molecular weight excluding hydrogens is 218 g/mol. The van der Waals surface area contributed by atoms with Crippen LogP contribution in [0.25, 0.3) is 0 Å². The van der Waals surface area contributed by atoms with Gasteiger partial charge < -0.3 is 9.84 Å². The minimum Gasteiger partial charge on any atom is -0.364 e. The molecule has 16 heavy (non-hydrogen) atoms. The van der Waals surface area contributed by atoms with E-state index in [1.165, 1.54) is 18.4 Å². The quantitative estimate of drug-likeness (QED) is 0.850. The molecule has 2 aromatic rings. The first-order chi connectivity index (χ1) is 7.66. The van der Waals surface area contributed by atoms with E-state index in [0.717, 1.165) is 12.1 Å². The summed E-state index contributed by atoms with van der Waals surface area (Å²) in [5.74, 6) is -2.56. The lowest BCUT2D eigenvalue weighted by Gasteiger charge is -2.02. The first-order valence-electron chi connectivity index (χ1n) is 4.33. The van der Waals surface area contributed by atoms with Crippen LogP contribution in [0.4, 0.5) is 14.5 Å². The highest BCUT2D eigenvalue weighted by Crippen LogP contribution is 2.13. The number of rotatable bonds is 2. The highest BCUT2D eigenvalue weighted by molar-refractivity contribution is 6.02. The molecule has 0 aliphatic carbocycles. The highest BCUT2D eigenvalue weighted by atomic mass is 19.2. The van der Waals surface area contributed by atoms with E-state index in [0.29, 0.717) is 0 Å². The molecular formula is C10H6F2N2O2. The van der Waals surface area contributed by atoms with Gasteiger partial charge in [-0.05, 0) is 12.1 Å². The molecule has 0 aliphatic rings. The van der Waals surface area contributed by atoms with Crippen molar-refractivity contribution in [3.8, 4) is 0 Å². The summed E-state index contributed by atoms with van der Waals surface area (Å²) in [5, 5.41) is 5.74. The van der Waals surface area contributed by atoms with Crippen molar-refractivity contribution in [2.24, 2.45) is 0 Å². The summed E-state index contributed by atoms with van der Waals surface area (Å²) in [6, 6.07) is 4.41. The third-order valence-electron chi connectivity index (χ3n) is 1.85. The minimum atomic E-state index is -1.03. The van der Waals surface area contributed by atoms with Crippen molar-refractivity contribution >= 4 is 11.6 Å². The van der Waals surface area contributed by atoms with Gasteiger partial charge in [-0.25, -0.2) is 8.78 Å². The Balaban J connectivity index is 2.15. The van der Waals surface area contributed by atoms with E-state index < -0.39 is 17.5 Å². The molecule has 0 bridgehead atoms. The average Bonchev–Trinajstić information content (AvgIpc) is 2.77. The van der Waals surface area contributed by atoms with Crippen molar-refractivity contribution in [2.75, 3.05) is 5.32 Å². The molecule has 1 N–H and O–H groups in total. The second-order valence-corrected chi connectivity index (χ2v) is 2.97. The van der Waals surface area contributed by atoms with E-state index in [4.69, 9.17) is 0 Å². The van der Waals surface area contributed by atoms with Gasteiger partial charge in [-0.15, -0.1) is 0 Å². The lowest BCUT2D eigenvalue weighted by molar-refractivity contribution is 0.101. The Morgan fingerprint density at radius 3 is 2.69 bits per heavy atom. The molecule has 0 unspecified atom stereocenters. The van der Waals surface area contributed by atoms with Crippen LogP contribution in [0, 0.1) is 11.6 Å². The van der Waals surface area contributed by atoms with Crippen LogP contribution >= 0.6 is 0 Å². The van der Waals surface area contributed by atoms with E-state index in [9.17, 15) is 13.6 Å². The molecule has 1 aromatic heterocycles. The molecule has 6 heteroatoms. The van der Waals surface area contributed by atoms with Crippen LogP contribution in [0.1, 0.15) is 10.5 Å². The number of benzene rings is 1. The number of nitrogens with zero attached hydrogens (tertiary/aromatic N) is 1. The van der Waals surface area contributed by atoms with Crippen LogP contribution in [0.15, 0.2) is 35.1 Å². The number of hydrogen-bond donors (Lipinski definition) is 1. The van der Waals surface area contributed by atoms with E-state index in [1.807, 2.05) is 0 Å². The van der Waals surface area contributed by atoms with Gasteiger partial charge >= 0.3 is 0 Å². The van der Waals surface area contributed by atoms with Gasteiger partial charge in [0, 0.05) is 17.8 Å². The fourth-order valence-corrected chi connectivity index (χ4v) is 1.10. The monoisotopic (exact) mass is 224 g/mol. The summed E-state index contributed by atoms with van der Waals surface area (Å²) in [4.78, 5) is 11.4. The third kappa shape index (κ3) is 2.05. The van der Waals surface area contributed by atoms with Crippen molar-refractivity contribution in [1.29, 1.82) is 0 Å². The number of halogens is 2. The molecule has 1 amide bonds. The standard InChI is InChI=1S/C10H6F2N2O2/c11-7-2-1-6(5-8(7)12)13-10(15)9-3-4-16-14-9/h1-5H,(H,13,15). The molecule has 0 saturated carbocycles. The van der Waals surface area contributed by atoms with Gasteiger partial charge in [-0.1, -0.05) is 5.16 Å². The highest BCUT2D eigenvalue weighted by Gasteiger charge is 2.10. The van der Waals surface area contributed by atoms with Crippen molar-refractivity contribution in [1.82, 2.24) is 5.16 Å². The maximum Gasteiger partial charge on any atom is 0.277 e. The summed E-state index contributed by atoms with van der Waals surface area (Å²) in [6.45, 7) is 0. The Bertz CT molecular complexity index is 512. The summed E-state index contributed by atoms with van der Waals surface area (Å²) in [5.41, 5.74) is 0.205. The van der Waals surface area contributed by atoms with Crippen LogP contribution in [-0.4, -0.2) is 11.1 Å². The smallest absolute Gasteiger partial charge is 0.277 e. The number of amides is 1. The van der Waals surface area contributed by atoms with Gasteiger partial charge in [0.15, 0.2) is 17.3 Å². The number of aromatic nitrogens is 1. The lowest BCUT2D eigenvalue weighted by Crippen LogP contribution is -2.12. The van der Waals surface area contributed by atoms with Gasteiger partial charge in [0.2, 0.25) is 0 Å². The van der Waals surface area contributed by atoms with E-state index >= 15 is 0 Å². The SMILES string of the molecule is O=C(Nc1ccc(F)c(F)c1)c1ccon1. The zero-order valence-corrected chi connectivity index (χ0v) is 7.91. The number of hydrogen-bond acceptors (Lipinski definition) is 3. The van der Waals surface area contributed by atoms with E-state index in [2.05, 4.69) is 15.0 Å². The molecule has 0 atom stereocenters. The number of nitrogens with one attached hydrogen (secondary N) is 1. The van der Waals surface area contributed by atoms with Crippen LogP contribution in [0.5, 0.6) is 0 Å². The first-order valence-corrected chi connectivity index (χ1v) is 4.33. The second kappa shape index (κ2) is 4.09.